The van der Waals surface area contributed by atoms with Crippen molar-refractivity contribution >= 4 is 16.5 Å². The van der Waals surface area contributed by atoms with Crippen molar-refractivity contribution in [2.75, 3.05) is 11.4 Å². The van der Waals surface area contributed by atoms with Crippen LogP contribution in [-0.4, -0.2) is 17.6 Å². The fourth-order valence-electron chi connectivity index (χ4n) is 2.02. The molecule has 3 nitrogen and oxygen atoms in total. The van der Waals surface area contributed by atoms with Gasteiger partial charge >= 0.3 is 0 Å². The first-order valence-electron chi connectivity index (χ1n) is 6.61. The maximum atomic E-state index is 5.78. The molecule has 4 heteroatoms. The Morgan fingerprint density at radius 3 is 2.59 bits per heavy atom. The van der Waals surface area contributed by atoms with E-state index in [1.165, 1.54) is 35.1 Å². The summed E-state index contributed by atoms with van der Waals surface area (Å²) in [5.41, 5.74) is 6.97. The third-order valence-electron chi connectivity index (χ3n) is 3.31. The second kappa shape index (κ2) is 5.36. The molecule has 2 rings (SSSR count). The van der Waals surface area contributed by atoms with Crippen LogP contribution in [0.2, 0.25) is 0 Å². The standard InChI is InChI=1S/C13H23N3S/c1-4-11-12(7-14)17-13(15-11)16(9(2)3)8-10-5-6-10/h9-10H,4-8,14H2,1-3H3. The lowest BCUT2D eigenvalue weighted by Gasteiger charge is -2.26. The first kappa shape index (κ1) is 12.8. The first-order valence-corrected chi connectivity index (χ1v) is 7.42. The molecule has 0 aliphatic heterocycles. The van der Waals surface area contributed by atoms with Crippen molar-refractivity contribution in [1.29, 1.82) is 0 Å². The van der Waals surface area contributed by atoms with Gasteiger partial charge in [-0.25, -0.2) is 4.98 Å². The van der Waals surface area contributed by atoms with Crippen LogP contribution >= 0.6 is 11.3 Å². The lowest BCUT2D eigenvalue weighted by molar-refractivity contribution is 0.642. The van der Waals surface area contributed by atoms with Gasteiger partial charge in [-0.3, -0.25) is 0 Å². The summed E-state index contributed by atoms with van der Waals surface area (Å²) < 4.78 is 0. The molecule has 0 amide bonds. The SMILES string of the molecule is CCc1nc(N(CC2CC2)C(C)C)sc1CN. The van der Waals surface area contributed by atoms with Crippen LogP contribution in [0.25, 0.3) is 0 Å². The number of nitrogens with two attached hydrogens (primary N) is 1. The number of hydrogen-bond donors (Lipinski definition) is 1. The molecule has 0 spiro atoms. The Morgan fingerprint density at radius 2 is 2.18 bits per heavy atom. The van der Waals surface area contributed by atoms with Gasteiger partial charge in [0.1, 0.15) is 0 Å². The molecular formula is C13H23N3S. The third kappa shape index (κ3) is 2.99. The van der Waals surface area contributed by atoms with Gasteiger partial charge in [0.2, 0.25) is 0 Å². The van der Waals surface area contributed by atoms with Crippen molar-refractivity contribution in [2.24, 2.45) is 11.7 Å². The van der Waals surface area contributed by atoms with E-state index < -0.39 is 0 Å². The van der Waals surface area contributed by atoms with Gasteiger partial charge in [-0.05, 0) is 39.0 Å². The van der Waals surface area contributed by atoms with Gasteiger partial charge in [-0.2, -0.15) is 0 Å². The van der Waals surface area contributed by atoms with Gasteiger partial charge in [-0.15, -0.1) is 11.3 Å². The van der Waals surface area contributed by atoms with Gasteiger partial charge < -0.3 is 10.6 Å². The maximum absolute atomic E-state index is 5.78. The fraction of sp³-hybridized carbons (Fsp3) is 0.769. The Morgan fingerprint density at radius 1 is 1.47 bits per heavy atom. The second-order valence-electron chi connectivity index (χ2n) is 5.11. The van der Waals surface area contributed by atoms with Gasteiger partial charge in [0, 0.05) is 24.0 Å². The van der Waals surface area contributed by atoms with Gasteiger partial charge in [-0.1, -0.05) is 6.92 Å². The van der Waals surface area contributed by atoms with Crippen molar-refractivity contribution in [3.63, 3.8) is 0 Å². The van der Waals surface area contributed by atoms with Crippen LogP contribution in [0, 0.1) is 5.92 Å². The normalized spacial score (nSPS) is 15.6. The van der Waals surface area contributed by atoms with Crippen LogP contribution in [0.4, 0.5) is 5.13 Å². The molecule has 0 atom stereocenters. The topological polar surface area (TPSA) is 42.2 Å². The van der Waals surface area contributed by atoms with Crippen molar-refractivity contribution < 1.29 is 0 Å². The zero-order valence-corrected chi connectivity index (χ0v) is 11.9. The number of aromatic nitrogens is 1. The summed E-state index contributed by atoms with van der Waals surface area (Å²) in [4.78, 5) is 8.47. The van der Waals surface area contributed by atoms with Gasteiger partial charge in [0.05, 0.1) is 5.69 Å². The zero-order valence-electron chi connectivity index (χ0n) is 11.1. The molecule has 17 heavy (non-hydrogen) atoms. The van der Waals surface area contributed by atoms with Crippen LogP contribution in [0.5, 0.6) is 0 Å². The lowest BCUT2D eigenvalue weighted by Crippen LogP contribution is -2.32. The largest absolute Gasteiger partial charge is 0.345 e. The maximum Gasteiger partial charge on any atom is 0.186 e. The summed E-state index contributed by atoms with van der Waals surface area (Å²) in [6.45, 7) is 8.43. The van der Waals surface area contributed by atoms with Crippen LogP contribution in [0.1, 0.15) is 44.2 Å². The van der Waals surface area contributed by atoms with Crippen LogP contribution in [0.3, 0.4) is 0 Å². The quantitative estimate of drug-likeness (QED) is 0.847. The van der Waals surface area contributed by atoms with E-state index in [4.69, 9.17) is 10.7 Å². The Hall–Kier alpha value is -0.610. The zero-order chi connectivity index (χ0) is 12.4. The highest BCUT2D eigenvalue weighted by atomic mass is 32.1. The Balaban J connectivity index is 2.18. The summed E-state index contributed by atoms with van der Waals surface area (Å²) in [6.07, 6.45) is 3.76. The van der Waals surface area contributed by atoms with Crippen molar-refractivity contribution in [1.82, 2.24) is 4.98 Å². The van der Waals surface area contributed by atoms with Gasteiger partial charge in [0.15, 0.2) is 5.13 Å². The molecule has 1 fully saturated rings. The average Bonchev–Trinajstić information content (AvgIpc) is 3.03. The predicted molar refractivity (Wildman–Crippen MR) is 74.6 cm³/mol. The monoisotopic (exact) mass is 253 g/mol. The van der Waals surface area contributed by atoms with Crippen LogP contribution < -0.4 is 10.6 Å². The molecule has 1 aromatic heterocycles. The van der Waals surface area contributed by atoms with E-state index in [1.807, 2.05) is 0 Å². The molecule has 96 valence electrons. The summed E-state index contributed by atoms with van der Waals surface area (Å²) in [5.74, 6) is 0.896. The minimum atomic E-state index is 0.525. The molecule has 1 aliphatic rings. The van der Waals surface area contributed by atoms with Crippen LogP contribution in [0.15, 0.2) is 0 Å². The number of aryl methyl sites for hydroxylation is 1. The van der Waals surface area contributed by atoms with E-state index in [0.717, 1.165) is 12.3 Å². The first-order chi connectivity index (χ1) is 8.15. The summed E-state index contributed by atoms with van der Waals surface area (Å²) in [6, 6.07) is 0.525. The van der Waals surface area contributed by atoms with E-state index in [-0.39, 0.29) is 0 Å². The van der Waals surface area contributed by atoms with E-state index in [2.05, 4.69) is 25.7 Å². The molecule has 0 radical (unpaired) electrons. The predicted octanol–water partition coefficient (Wildman–Crippen LogP) is 2.79. The minimum Gasteiger partial charge on any atom is -0.345 e. The molecule has 0 bridgehead atoms. The molecule has 0 unspecified atom stereocenters. The van der Waals surface area contributed by atoms with Crippen molar-refractivity contribution in [2.45, 2.75) is 52.6 Å². The molecular weight excluding hydrogens is 230 g/mol. The second-order valence-corrected chi connectivity index (χ2v) is 6.18. The molecule has 1 aliphatic carbocycles. The van der Waals surface area contributed by atoms with Crippen molar-refractivity contribution in [3.8, 4) is 0 Å². The molecule has 1 aromatic rings. The van der Waals surface area contributed by atoms with E-state index in [0.29, 0.717) is 12.6 Å². The number of hydrogen-bond acceptors (Lipinski definition) is 4. The third-order valence-corrected chi connectivity index (χ3v) is 4.47. The molecule has 0 saturated heterocycles. The molecule has 2 N–H and O–H groups in total. The molecule has 1 saturated carbocycles. The van der Waals surface area contributed by atoms with E-state index in [9.17, 15) is 0 Å². The van der Waals surface area contributed by atoms with E-state index >= 15 is 0 Å². The Labute approximate surface area is 108 Å². The average molecular weight is 253 g/mol. The number of nitrogens with zero attached hydrogens (tertiary/aromatic N) is 2. The molecule has 0 aromatic carbocycles. The fourth-order valence-corrected chi connectivity index (χ4v) is 3.19. The highest BCUT2D eigenvalue weighted by molar-refractivity contribution is 7.15. The van der Waals surface area contributed by atoms with Crippen LogP contribution in [-0.2, 0) is 13.0 Å². The number of anilines is 1. The Bertz CT molecular complexity index is 347. The van der Waals surface area contributed by atoms with Crippen molar-refractivity contribution in [3.05, 3.63) is 10.6 Å². The smallest absolute Gasteiger partial charge is 0.186 e. The summed E-state index contributed by atoms with van der Waals surface area (Å²) in [5, 5.41) is 1.17. The van der Waals surface area contributed by atoms with E-state index in [1.54, 1.807) is 11.3 Å². The summed E-state index contributed by atoms with van der Waals surface area (Å²) >= 11 is 1.78. The Kier molecular flexibility index (Phi) is 4.05. The number of thiazole rings is 1. The lowest BCUT2D eigenvalue weighted by atomic mass is 10.3. The number of rotatable bonds is 6. The highest BCUT2D eigenvalue weighted by Gasteiger charge is 2.27. The molecule has 1 heterocycles. The minimum absolute atomic E-state index is 0.525. The highest BCUT2D eigenvalue weighted by Crippen LogP contribution is 2.34. The van der Waals surface area contributed by atoms with Gasteiger partial charge in [0.25, 0.3) is 0 Å². The summed E-state index contributed by atoms with van der Waals surface area (Å²) in [7, 11) is 0.